The summed E-state index contributed by atoms with van der Waals surface area (Å²) in [4.78, 5) is 0.984. The van der Waals surface area contributed by atoms with Crippen molar-refractivity contribution in [3.05, 3.63) is 57.8 Å². The number of rotatable bonds is 6. The van der Waals surface area contributed by atoms with Crippen molar-refractivity contribution in [1.82, 2.24) is 4.72 Å². The molecule has 1 unspecified atom stereocenters. The molecule has 0 spiro atoms. The van der Waals surface area contributed by atoms with Crippen LogP contribution in [0.25, 0.3) is 0 Å². The van der Waals surface area contributed by atoms with Gasteiger partial charge in [-0.15, -0.1) is 11.3 Å². The highest BCUT2D eigenvalue weighted by atomic mass is 32.2. The van der Waals surface area contributed by atoms with Crippen molar-refractivity contribution in [2.75, 3.05) is 0 Å². The molecule has 0 radical (unpaired) electrons. The molecular weight excluding hydrogens is 294 g/mol. The second-order valence-corrected chi connectivity index (χ2v) is 7.33. The summed E-state index contributed by atoms with van der Waals surface area (Å²) in [5.41, 5.74) is 1.38. The molecule has 0 aliphatic heterocycles. The molecule has 0 bridgehead atoms. The van der Waals surface area contributed by atoms with Crippen LogP contribution in [0.4, 0.5) is 0 Å². The van der Waals surface area contributed by atoms with Crippen LogP contribution in [0.2, 0.25) is 0 Å². The van der Waals surface area contributed by atoms with E-state index in [4.69, 9.17) is 5.11 Å². The van der Waals surface area contributed by atoms with E-state index in [9.17, 15) is 8.42 Å². The Bertz CT molecular complexity index is 651. The van der Waals surface area contributed by atoms with Gasteiger partial charge in [0.15, 0.2) is 0 Å². The zero-order valence-corrected chi connectivity index (χ0v) is 12.7. The standard InChI is InChI=1S/C14H17NO3S2/c1-11(14-6-3-7-19-14)15-20(17,18)10-13-5-2-4-12(8-13)9-16/h2-8,11,15-16H,9-10H2,1H3. The number of sulfonamides is 1. The zero-order valence-electron chi connectivity index (χ0n) is 11.1. The molecular formula is C14H17NO3S2. The van der Waals surface area contributed by atoms with Crippen LogP contribution in [-0.4, -0.2) is 13.5 Å². The van der Waals surface area contributed by atoms with Gasteiger partial charge in [-0.05, 0) is 29.5 Å². The van der Waals surface area contributed by atoms with Crippen molar-refractivity contribution in [2.24, 2.45) is 0 Å². The van der Waals surface area contributed by atoms with Crippen molar-refractivity contribution in [1.29, 1.82) is 0 Å². The first-order valence-electron chi connectivity index (χ1n) is 6.22. The van der Waals surface area contributed by atoms with Gasteiger partial charge in [0.05, 0.1) is 18.4 Å². The molecule has 2 aromatic rings. The molecule has 2 N–H and O–H groups in total. The van der Waals surface area contributed by atoms with Crippen LogP contribution in [0.3, 0.4) is 0 Å². The van der Waals surface area contributed by atoms with Crippen LogP contribution in [0.15, 0.2) is 41.8 Å². The van der Waals surface area contributed by atoms with Gasteiger partial charge >= 0.3 is 0 Å². The summed E-state index contributed by atoms with van der Waals surface area (Å²) < 4.78 is 26.9. The second kappa shape index (κ2) is 6.49. The summed E-state index contributed by atoms with van der Waals surface area (Å²) in [5.74, 6) is -0.0868. The van der Waals surface area contributed by atoms with Gasteiger partial charge in [0.2, 0.25) is 10.0 Å². The van der Waals surface area contributed by atoms with Crippen LogP contribution in [0.1, 0.15) is 29.0 Å². The largest absolute Gasteiger partial charge is 0.392 e. The van der Waals surface area contributed by atoms with E-state index in [1.165, 1.54) is 11.3 Å². The molecule has 6 heteroatoms. The monoisotopic (exact) mass is 311 g/mol. The van der Waals surface area contributed by atoms with Crippen molar-refractivity contribution < 1.29 is 13.5 Å². The van der Waals surface area contributed by atoms with Crippen LogP contribution < -0.4 is 4.72 Å². The fraction of sp³-hybridized carbons (Fsp3) is 0.286. The Hall–Kier alpha value is -1.21. The molecule has 0 aliphatic carbocycles. The van der Waals surface area contributed by atoms with Crippen molar-refractivity contribution >= 4 is 21.4 Å². The summed E-state index contributed by atoms with van der Waals surface area (Å²) >= 11 is 1.52. The molecule has 1 atom stereocenters. The highest BCUT2D eigenvalue weighted by molar-refractivity contribution is 7.88. The lowest BCUT2D eigenvalue weighted by Crippen LogP contribution is -2.27. The van der Waals surface area contributed by atoms with Crippen LogP contribution in [-0.2, 0) is 22.4 Å². The number of benzene rings is 1. The highest BCUT2D eigenvalue weighted by Gasteiger charge is 2.17. The Morgan fingerprint density at radius 2 is 2.00 bits per heavy atom. The van der Waals surface area contributed by atoms with Crippen LogP contribution in [0, 0.1) is 0 Å². The Balaban J connectivity index is 2.07. The minimum atomic E-state index is -3.41. The Morgan fingerprint density at radius 3 is 2.65 bits per heavy atom. The summed E-state index contributed by atoms with van der Waals surface area (Å²) in [6.07, 6.45) is 0. The fourth-order valence-electron chi connectivity index (χ4n) is 1.94. The quantitative estimate of drug-likeness (QED) is 0.861. The molecule has 20 heavy (non-hydrogen) atoms. The molecule has 2 rings (SSSR count). The van der Waals surface area contributed by atoms with Gasteiger partial charge in [-0.1, -0.05) is 30.3 Å². The predicted molar refractivity (Wildman–Crippen MR) is 80.9 cm³/mol. The maximum absolute atomic E-state index is 12.1. The van der Waals surface area contributed by atoms with Crippen molar-refractivity contribution in [3.8, 4) is 0 Å². The van der Waals surface area contributed by atoms with E-state index < -0.39 is 10.0 Å². The summed E-state index contributed by atoms with van der Waals surface area (Å²) in [7, 11) is -3.41. The van der Waals surface area contributed by atoms with Crippen molar-refractivity contribution in [3.63, 3.8) is 0 Å². The normalized spacial score (nSPS) is 13.3. The van der Waals surface area contributed by atoms with Gasteiger partial charge in [-0.2, -0.15) is 0 Å². The van der Waals surface area contributed by atoms with E-state index in [1.54, 1.807) is 24.3 Å². The smallest absolute Gasteiger partial charge is 0.216 e. The maximum Gasteiger partial charge on any atom is 0.216 e. The van der Waals surface area contributed by atoms with E-state index in [0.29, 0.717) is 11.1 Å². The SMILES string of the molecule is CC(NS(=O)(=O)Cc1cccc(CO)c1)c1cccs1. The first kappa shape index (κ1) is 15.2. The molecule has 1 aromatic carbocycles. The Kier molecular flexibility index (Phi) is 4.93. The van der Waals surface area contributed by atoms with E-state index >= 15 is 0 Å². The van der Waals surface area contributed by atoms with Gasteiger partial charge in [0.1, 0.15) is 0 Å². The first-order valence-corrected chi connectivity index (χ1v) is 8.75. The maximum atomic E-state index is 12.1. The Labute approximate surface area is 123 Å². The first-order chi connectivity index (χ1) is 9.50. The van der Waals surface area contributed by atoms with Gasteiger partial charge in [0, 0.05) is 4.88 Å². The molecule has 1 aromatic heterocycles. The lowest BCUT2D eigenvalue weighted by molar-refractivity contribution is 0.282. The van der Waals surface area contributed by atoms with E-state index in [-0.39, 0.29) is 18.4 Å². The van der Waals surface area contributed by atoms with Gasteiger partial charge in [-0.3, -0.25) is 0 Å². The number of nitrogens with one attached hydrogen (secondary N) is 1. The summed E-state index contributed by atoms with van der Waals surface area (Å²) in [6.45, 7) is 1.74. The molecule has 0 saturated carbocycles. The second-order valence-electron chi connectivity index (χ2n) is 4.59. The highest BCUT2D eigenvalue weighted by Crippen LogP contribution is 2.20. The number of thiophene rings is 1. The fourth-order valence-corrected chi connectivity index (χ4v) is 4.12. The topological polar surface area (TPSA) is 66.4 Å². The third-order valence-corrected chi connectivity index (χ3v) is 5.34. The van der Waals surface area contributed by atoms with Gasteiger partial charge < -0.3 is 5.11 Å². The molecule has 108 valence electrons. The molecule has 0 aliphatic rings. The lowest BCUT2D eigenvalue weighted by atomic mass is 10.1. The minimum Gasteiger partial charge on any atom is -0.392 e. The zero-order chi connectivity index (χ0) is 14.6. The average Bonchev–Trinajstić information content (AvgIpc) is 2.91. The minimum absolute atomic E-state index is 0.0868. The van der Waals surface area contributed by atoms with E-state index in [0.717, 1.165) is 4.88 Å². The number of aliphatic hydroxyl groups excluding tert-OH is 1. The predicted octanol–water partition coefficient (Wildman–Crippen LogP) is 2.42. The molecule has 1 heterocycles. The lowest BCUT2D eigenvalue weighted by Gasteiger charge is -2.13. The van der Waals surface area contributed by atoms with E-state index in [1.807, 2.05) is 24.4 Å². The average molecular weight is 311 g/mol. The number of hydrogen-bond donors (Lipinski definition) is 2. The van der Waals surface area contributed by atoms with Crippen LogP contribution >= 0.6 is 11.3 Å². The van der Waals surface area contributed by atoms with Gasteiger partial charge in [-0.25, -0.2) is 13.1 Å². The van der Waals surface area contributed by atoms with E-state index in [2.05, 4.69) is 4.72 Å². The third kappa shape index (κ3) is 4.14. The summed E-state index contributed by atoms with van der Waals surface area (Å²) in [6, 6.07) is 10.5. The van der Waals surface area contributed by atoms with Crippen molar-refractivity contribution in [2.45, 2.75) is 25.3 Å². The molecule has 0 amide bonds. The number of aliphatic hydroxyl groups is 1. The summed E-state index contributed by atoms with van der Waals surface area (Å²) in [5, 5.41) is 11.0. The molecule has 0 saturated heterocycles. The molecule has 4 nitrogen and oxygen atoms in total. The Morgan fingerprint density at radius 1 is 1.25 bits per heavy atom. The third-order valence-electron chi connectivity index (χ3n) is 2.86. The molecule has 0 fully saturated rings. The van der Waals surface area contributed by atoms with Crippen LogP contribution in [0.5, 0.6) is 0 Å². The van der Waals surface area contributed by atoms with Gasteiger partial charge in [0.25, 0.3) is 0 Å². The number of hydrogen-bond acceptors (Lipinski definition) is 4.